The lowest BCUT2D eigenvalue weighted by Gasteiger charge is -2.34. The predicted octanol–water partition coefficient (Wildman–Crippen LogP) is 13.4. The van der Waals surface area contributed by atoms with Gasteiger partial charge in [-0.25, -0.2) is 0 Å². The van der Waals surface area contributed by atoms with E-state index in [0.29, 0.717) is 86.4 Å². The van der Waals surface area contributed by atoms with Gasteiger partial charge in [-0.3, -0.25) is 0 Å². The van der Waals surface area contributed by atoms with Crippen LogP contribution in [0.25, 0.3) is 0 Å². The number of hydrogen-bond acceptors (Lipinski definition) is 13. The molecule has 0 unspecified atom stereocenters. The van der Waals surface area contributed by atoms with Gasteiger partial charge in [-0.05, 0) is 174 Å². The standard InChI is InChI=1S/C52H66N7O6P3/c53-39-19-15-27-43-23-7-11-35-49(43)62-67(63-50-36-12-8-24-44(50)28-16-20-40-54)57-66(60-47-31-3-1-4-32-47,61-48-33-5-2-6-34-48)58-68(59-67,64-51-37-13-9-25-45(51)29-17-21-41-55)65-52-38-14-10-26-46(52)30-18-22-42-56/h1-14,23-26,31-38H,15-22,27-30,39-42,53-56H2. The number of nitrogens with zero attached hydrogens (tertiary/aromatic N) is 3. The van der Waals surface area contributed by atoms with Gasteiger partial charge < -0.3 is 50.1 Å². The van der Waals surface area contributed by atoms with E-state index in [9.17, 15) is 0 Å². The molecule has 0 aliphatic carbocycles. The molecule has 6 aromatic rings. The highest BCUT2D eigenvalue weighted by Gasteiger charge is 2.49. The lowest BCUT2D eigenvalue weighted by atomic mass is 10.1. The van der Waals surface area contributed by atoms with Crippen LogP contribution in [0.15, 0.2) is 171 Å². The average molecular weight is 978 g/mol. The molecule has 360 valence electrons. The van der Waals surface area contributed by atoms with E-state index in [1.807, 2.05) is 158 Å². The van der Waals surface area contributed by atoms with Crippen molar-refractivity contribution in [1.29, 1.82) is 0 Å². The van der Waals surface area contributed by atoms with E-state index in [-0.39, 0.29) is 0 Å². The Morgan fingerprint density at radius 3 is 0.779 bits per heavy atom. The summed E-state index contributed by atoms with van der Waals surface area (Å²) in [6.45, 7) is 2.28. The van der Waals surface area contributed by atoms with E-state index >= 15 is 0 Å². The normalized spacial score (nSPS) is 14.4. The SMILES string of the molecule is NCCCCc1ccccc1OP1(Oc2ccccc2CCCCN)=NP(Oc2ccccc2)(Oc2ccccc2)=NP(Oc2ccccc2CCCCN)(Oc2ccccc2CCCCN)=N1. The zero-order valence-corrected chi connectivity index (χ0v) is 41.5. The molecule has 0 radical (unpaired) electrons. The van der Waals surface area contributed by atoms with Crippen LogP contribution in [0.3, 0.4) is 0 Å². The minimum absolute atomic E-state index is 0.455. The highest BCUT2D eigenvalue weighted by Crippen LogP contribution is 2.79. The van der Waals surface area contributed by atoms with Gasteiger partial charge in [0.05, 0.1) is 0 Å². The molecule has 16 heteroatoms. The summed E-state index contributed by atoms with van der Waals surface area (Å²) in [5.41, 5.74) is 27.7. The van der Waals surface area contributed by atoms with E-state index in [4.69, 9.17) is 63.6 Å². The van der Waals surface area contributed by atoms with Gasteiger partial charge >= 0.3 is 23.0 Å². The summed E-state index contributed by atoms with van der Waals surface area (Å²) in [5.74, 6) is 3.05. The second-order valence-electron chi connectivity index (χ2n) is 16.3. The molecule has 0 saturated carbocycles. The fraction of sp³-hybridized carbons (Fsp3) is 0.308. The quantitative estimate of drug-likeness (QED) is 0.0271. The Kier molecular flexibility index (Phi) is 19.2. The molecule has 7 rings (SSSR count). The first kappa shape index (κ1) is 50.5. The molecule has 1 aliphatic rings. The van der Waals surface area contributed by atoms with Gasteiger partial charge in [-0.15, -0.1) is 0 Å². The lowest BCUT2D eigenvalue weighted by Crippen LogP contribution is -2.13. The van der Waals surface area contributed by atoms with Crippen molar-refractivity contribution < 1.29 is 27.1 Å². The number of aryl methyl sites for hydroxylation is 4. The summed E-state index contributed by atoms with van der Waals surface area (Å²) in [6, 6.07) is 50.3. The molecule has 13 nitrogen and oxygen atoms in total. The van der Waals surface area contributed by atoms with E-state index < -0.39 is 23.0 Å². The van der Waals surface area contributed by atoms with Gasteiger partial charge in [0.2, 0.25) is 0 Å². The van der Waals surface area contributed by atoms with Crippen LogP contribution in [0.5, 0.6) is 34.5 Å². The summed E-state index contributed by atoms with van der Waals surface area (Å²) in [5, 5.41) is 0. The molecule has 0 spiro atoms. The molecule has 0 amide bonds. The topological polar surface area (TPSA) is 197 Å². The average Bonchev–Trinajstić information content (AvgIpc) is 3.34. The van der Waals surface area contributed by atoms with Crippen molar-refractivity contribution in [3.8, 4) is 34.5 Å². The molecule has 0 fully saturated rings. The molecule has 0 atom stereocenters. The highest BCUT2D eigenvalue weighted by molar-refractivity contribution is 7.79. The second kappa shape index (κ2) is 25.9. The third-order valence-electron chi connectivity index (χ3n) is 11.0. The van der Waals surface area contributed by atoms with Crippen LogP contribution < -0.4 is 50.1 Å². The van der Waals surface area contributed by atoms with Crippen LogP contribution >= 0.6 is 23.0 Å². The summed E-state index contributed by atoms with van der Waals surface area (Å²) in [4.78, 5) is 0. The van der Waals surface area contributed by atoms with Crippen molar-refractivity contribution in [3.63, 3.8) is 0 Å². The van der Waals surface area contributed by atoms with Crippen LogP contribution in [0.2, 0.25) is 0 Å². The monoisotopic (exact) mass is 977 g/mol. The molecule has 6 aromatic carbocycles. The minimum Gasteiger partial charge on any atom is -0.413 e. The van der Waals surface area contributed by atoms with Gasteiger partial charge in [0.15, 0.2) is 0 Å². The Morgan fingerprint density at radius 2 is 0.515 bits per heavy atom. The molecule has 0 saturated heterocycles. The molecule has 1 aliphatic heterocycles. The number of unbranched alkanes of at least 4 members (excludes halogenated alkanes) is 4. The lowest BCUT2D eigenvalue weighted by molar-refractivity contribution is 0.438. The molecular weight excluding hydrogens is 912 g/mol. The van der Waals surface area contributed by atoms with Crippen molar-refractivity contribution in [1.82, 2.24) is 0 Å². The third-order valence-corrected chi connectivity index (χ3v) is 19.0. The van der Waals surface area contributed by atoms with E-state index in [0.717, 1.165) is 73.6 Å². The molecule has 0 aromatic heterocycles. The largest absolute Gasteiger partial charge is 0.460 e. The first-order chi connectivity index (χ1) is 33.4. The van der Waals surface area contributed by atoms with Crippen molar-refractivity contribution in [2.24, 2.45) is 36.5 Å². The molecule has 68 heavy (non-hydrogen) atoms. The smallest absolute Gasteiger partial charge is 0.413 e. The number of nitrogens with two attached hydrogens (primary N) is 4. The van der Waals surface area contributed by atoms with Crippen LogP contribution in [0.1, 0.15) is 73.6 Å². The number of hydrogen-bond donors (Lipinski definition) is 4. The van der Waals surface area contributed by atoms with Crippen molar-refractivity contribution in [2.75, 3.05) is 26.2 Å². The van der Waals surface area contributed by atoms with Crippen LogP contribution in [0.4, 0.5) is 0 Å². The number of rotatable bonds is 28. The van der Waals surface area contributed by atoms with Crippen molar-refractivity contribution in [2.45, 2.75) is 77.0 Å². The summed E-state index contributed by atoms with van der Waals surface area (Å²) < 4.78 is 60.7. The zero-order valence-electron chi connectivity index (χ0n) is 38.8. The van der Waals surface area contributed by atoms with Gasteiger partial charge in [0.1, 0.15) is 34.5 Å². The maximum Gasteiger partial charge on any atom is 0.460 e. The molecule has 8 N–H and O–H groups in total. The minimum atomic E-state index is -4.17. The summed E-state index contributed by atoms with van der Waals surface area (Å²) >= 11 is 0. The first-order valence-corrected chi connectivity index (χ1v) is 28.3. The number of para-hydroxylation sites is 6. The zero-order chi connectivity index (χ0) is 47.3. The summed E-state index contributed by atoms with van der Waals surface area (Å²) in [7, 11) is -12.4. The van der Waals surface area contributed by atoms with Crippen LogP contribution in [-0.2, 0) is 25.7 Å². The second-order valence-corrected chi connectivity index (χ2v) is 22.5. The van der Waals surface area contributed by atoms with Gasteiger partial charge in [0, 0.05) is 0 Å². The van der Waals surface area contributed by atoms with Gasteiger partial charge in [-0.1, -0.05) is 123 Å². The van der Waals surface area contributed by atoms with E-state index in [2.05, 4.69) is 0 Å². The van der Waals surface area contributed by atoms with Crippen LogP contribution in [0, 0.1) is 0 Å². The Bertz CT molecular complexity index is 2390. The maximum atomic E-state index is 7.42. The van der Waals surface area contributed by atoms with Crippen molar-refractivity contribution in [3.05, 3.63) is 180 Å². The van der Waals surface area contributed by atoms with E-state index in [1.54, 1.807) is 0 Å². The fourth-order valence-electron chi connectivity index (χ4n) is 7.54. The van der Waals surface area contributed by atoms with Crippen molar-refractivity contribution >= 4 is 23.0 Å². The molecule has 0 bridgehead atoms. The predicted molar refractivity (Wildman–Crippen MR) is 278 cm³/mol. The maximum absolute atomic E-state index is 7.42. The fourth-order valence-corrected chi connectivity index (χ4v) is 16.8. The van der Waals surface area contributed by atoms with E-state index in [1.165, 1.54) is 0 Å². The number of benzene rings is 6. The highest BCUT2D eigenvalue weighted by atomic mass is 31.3. The third kappa shape index (κ3) is 14.3. The Hall–Kier alpha value is -5.35. The molecule has 1 heterocycles. The summed E-state index contributed by atoms with van der Waals surface area (Å²) in [6.07, 6.45) is 9.47. The van der Waals surface area contributed by atoms with Crippen LogP contribution in [-0.4, -0.2) is 26.2 Å². The Labute approximate surface area is 402 Å². The Balaban J connectivity index is 1.59. The van der Waals surface area contributed by atoms with Gasteiger partial charge in [-0.2, -0.15) is 0 Å². The Morgan fingerprint density at radius 1 is 0.279 bits per heavy atom. The first-order valence-electron chi connectivity index (χ1n) is 23.7. The van der Waals surface area contributed by atoms with Gasteiger partial charge in [0.25, 0.3) is 0 Å². The molecular formula is C52H66N7O6P3.